The highest BCUT2D eigenvalue weighted by atomic mass is 16.1. The van der Waals surface area contributed by atoms with Crippen LogP contribution in [0.3, 0.4) is 0 Å². The number of nitrogens with zero attached hydrogens (tertiary/aromatic N) is 6. The maximum atomic E-state index is 12.9. The summed E-state index contributed by atoms with van der Waals surface area (Å²) in [6.45, 7) is 5.70. The van der Waals surface area contributed by atoms with Crippen molar-refractivity contribution in [3.8, 4) is 22.6 Å². The predicted molar refractivity (Wildman–Crippen MR) is 136 cm³/mol. The number of hydrogen-bond donors (Lipinski definition) is 2. The molecule has 178 valence electrons. The summed E-state index contributed by atoms with van der Waals surface area (Å²) in [5, 5.41) is 17.6. The highest BCUT2D eigenvalue weighted by Crippen LogP contribution is 2.32. The van der Waals surface area contributed by atoms with Gasteiger partial charge in [-0.2, -0.15) is 5.21 Å². The number of piperazine rings is 1. The van der Waals surface area contributed by atoms with Gasteiger partial charge in [0.05, 0.1) is 12.1 Å². The number of hydrogen-bond acceptors (Lipinski definition) is 7. The van der Waals surface area contributed by atoms with Crippen LogP contribution in [-0.2, 0) is 11.2 Å². The number of carbonyl (C=O) groups excluding carboxylic acids is 1. The van der Waals surface area contributed by atoms with Crippen molar-refractivity contribution in [1.82, 2.24) is 30.5 Å². The van der Waals surface area contributed by atoms with E-state index in [2.05, 4.69) is 42.8 Å². The second-order valence-corrected chi connectivity index (χ2v) is 8.88. The summed E-state index contributed by atoms with van der Waals surface area (Å²) in [4.78, 5) is 22.5. The van der Waals surface area contributed by atoms with E-state index in [1.807, 2.05) is 67.6 Å². The zero-order chi connectivity index (χ0) is 24.2. The van der Waals surface area contributed by atoms with E-state index in [4.69, 9.17) is 4.98 Å². The summed E-state index contributed by atoms with van der Waals surface area (Å²) in [5.74, 6) is 1.27. The van der Waals surface area contributed by atoms with Crippen LogP contribution >= 0.6 is 0 Å². The van der Waals surface area contributed by atoms with E-state index >= 15 is 0 Å². The number of tetrazole rings is 1. The number of nitrogens with one attached hydrogen (secondary N) is 2. The molecule has 0 unspecified atom stereocenters. The molecule has 2 aromatic carbocycles. The molecule has 35 heavy (non-hydrogen) atoms. The van der Waals surface area contributed by atoms with Gasteiger partial charge < -0.3 is 15.1 Å². The number of aromatic amines is 1. The third kappa shape index (κ3) is 5.36. The zero-order valence-electron chi connectivity index (χ0n) is 19.9. The molecule has 1 fully saturated rings. The van der Waals surface area contributed by atoms with Gasteiger partial charge in [0.15, 0.2) is 0 Å². The lowest BCUT2D eigenvalue weighted by Crippen LogP contribution is -2.44. The van der Waals surface area contributed by atoms with Crippen molar-refractivity contribution in [2.45, 2.75) is 13.3 Å². The molecule has 0 aliphatic carbocycles. The van der Waals surface area contributed by atoms with Crippen molar-refractivity contribution in [2.75, 3.05) is 43.4 Å². The quantitative estimate of drug-likeness (QED) is 0.448. The van der Waals surface area contributed by atoms with Crippen LogP contribution in [0.4, 0.5) is 11.5 Å². The molecule has 9 nitrogen and oxygen atoms in total. The number of aromatic nitrogens is 5. The van der Waals surface area contributed by atoms with Crippen LogP contribution in [0.15, 0.2) is 60.7 Å². The summed E-state index contributed by atoms with van der Waals surface area (Å²) in [6, 6.07) is 19.7. The molecular weight excluding hydrogens is 440 g/mol. The number of likely N-dealkylation sites (N-methyl/N-ethyl adjacent to an activating group) is 1. The molecule has 0 spiro atoms. The fourth-order valence-corrected chi connectivity index (χ4v) is 4.20. The van der Waals surface area contributed by atoms with E-state index in [0.29, 0.717) is 17.9 Å². The number of anilines is 2. The van der Waals surface area contributed by atoms with Crippen molar-refractivity contribution in [1.29, 1.82) is 0 Å². The topological polar surface area (TPSA) is 103 Å². The number of pyridine rings is 1. The van der Waals surface area contributed by atoms with E-state index < -0.39 is 0 Å². The molecule has 2 aromatic heterocycles. The maximum absolute atomic E-state index is 12.9. The van der Waals surface area contributed by atoms with Gasteiger partial charge in [-0.1, -0.05) is 54.1 Å². The fourth-order valence-electron chi connectivity index (χ4n) is 4.20. The zero-order valence-corrected chi connectivity index (χ0v) is 19.9. The molecule has 1 saturated heterocycles. The Morgan fingerprint density at radius 3 is 2.46 bits per heavy atom. The number of aryl methyl sites for hydroxylation is 1. The highest BCUT2D eigenvalue weighted by molar-refractivity contribution is 5.93. The first-order valence-electron chi connectivity index (χ1n) is 11.7. The molecule has 1 aliphatic heterocycles. The van der Waals surface area contributed by atoms with Crippen molar-refractivity contribution in [3.05, 3.63) is 71.8 Å². The van der Waals surface area contributed by atoms with Gasteiger partial charge in [-0.25, -0.2) is 4.98 Å². The molecule has 0 radical (unpaired) electrons. The summed E-state index contributed by atoms with van der Waals surface area (Å²) < 4.78 is 0. The summed E-state index contributed by atoms with van der Waals surface area (Å²) >= 11 is 0. The van der Waals surface area contributed by atoms with Crippen LogP contribution in [0.5, 0.6) is 0 Å². The minimum atomic E-state index is -0.0678. The number of H-pyrrole nitrogens is 1. The Hall–Kier alpha value is -4.11. The first-order valence-corrected chi connectivity index (χ1v) is 11.7. The molecule has 2 N–H and O–H groups in total. The van der Waals surface area contributed by atoms with Crippen LogP contribution < -0.4 is 10.2 Å². The second-order valence-electron chi connectivity index (χ2n) is 8.88. The number of rotatable bonds is 6. The minimum absolute atomic E-state index is 0.0678. The van der Waals surface area contributed by atoms with E-state index in [0.717, 1.165) is 54.4 Å². The Balaban J connectivity index is 1.49. The monoisotopic (exact) mass is 468 g/mol. The maximum Gasteiger partial charge on any atom is 0.228 e. The van der Waals surface area contributed by atoms with Crippen LogP contribution in [0.2, 0.25) is 0 Å². The largest absolute Gasteiger partial charge is 0.354 e. The van der Waals surface area contributed by atoms with Crippen molar-refractivity contribution in [2.24, 2.45) is 0 Å². The lowest BCUT2D eigenvalue weighted by Gasteiger charge is -2.33. The molecular formula is C26H28N8O. The lowest BCUT2D eigenvalue weighted by molar-refractivity contribution is -0.115. The Morgan fingerprint density at radius 1 is 1.00 bits per heavy atom. The van der Waals surface area contributed by atoms with Gasteiger partial charge in [-0.15, -0.1) is 10.2 Å². The van der Waals surface area contributed by atoms with Crippen molar-refractivity contribution in [3.63, 3.8) is 0 Å². The number of amides is 1. The van der Waals surface area contributed by atoms with Crippen LogP contribution in [0, 0.1) is 6.92 Å². The summed E-state index contributed by atoms with van der Waals surface area (Å²) in [6.07, 6.45) is 0.307. The Kier molecular flexibility index (Phi) is 6.49. The smallest absolute Gasteiger partial charge is 0.228 e. The molecule has 0 atom stereocenters. The first kappa shape index (κ1) is 22.7. The van der Waals surface area contributed by atoms with Crippen molar-refractivity contribution >= 4 is 17.4 Å². The van der Waals surface area contributed by atoms with Crippen LogP contribution in [-0.4, -0.2) is 69.6 Å². The van der Waals surface area contributed by atoms with E-state index in [-0.39, 0.29) is 5.91 Å². The molecule has 1 amide bonds. The normalized spacial score (nSPS) is 14.2. The first-order chi connectivity index (χ1) is 17.0. The van der Waals surface area contributed by atoms with Gasteiger partial charge in [0.25, 0.3) is 0 Å². The third-order valence-electron chi connectivity index (χ3n) is 6.20. The van der Waals surface area contributed by atoms with Gasteiger partial charge in [0.1, 0.15) is 5.82 Å². The predicted octanol–water partition coefficient (Wildman–Crippen LogP) is 3.17. The fraction of sp³-hybridized carbons (Fsp3) is 0.269. The minimum Gasteiger partial charge on any atom is -0.354 e. The molecule has 0 bridgehead atoms. The number of carbonyl (C=O) groups is 1. The van der Waals surface area contributed by atoms with Crippen LogP contribution in [0.1, 0.15) is 11.1 Å². The second kappa shape index (κ2) is 10.0. The standard InChI is InChI=1S/C26H28N8O/c1-18-7-9-19(10-8-18)15-25(35)27-20-16-23(28-24(17-20)34-13-11-33(2)12-14-34)21-5-3-4-6-22(21)26-29-31-32-30-26/h3-10,16-17H,11-15H2,1-2H3,(H,27,28,35)(H,29,30,31,32). The van der Waals surface area contributed by atoms with Gasteiger partial charge >= 0.3 is 0 Å². The summed E-state index contributed by atoms with van der Waals surface area (Å²) in [7, 11) is 2.12. The average molecular weight is 469 g/mol. The SMILES string of the molecule is Cc1ccc(CC(=O)Nc2cc(-c3ccccc3-c3nn[nH]n3)nc(N3CCN(C)CC3)c2)cc1. The van der Waals surface area contributed by atoms with E-state index in [1.54, 1.807) is 0 Å². The molecule has 1 aliphatic rings. The molecule has 9 heteroatoms. The molecule has 3 heterocycles. The highest BCUT2D eigenvalue weighted by Gasteiger charge is 2.19. The van der Waals surface area contributed by atoms with Crippen LogP contribution in [0.25, 0.3) is 22.6 Å². The average Bonchev–Trinajstić information content (AvgIpc) is 3.41. The Bertz CT molecular complexity index is 1300. The van der Waals surface area contributed by atoms with Gasteiger partial charge in [0, 0.05) is 49.1 Å². The lowest BCUT2D eigenvalue weighted by atomic mass is 10.0. The molecule has 0 saturated carbocycles. The van der Waals surface area contributed by atoms with Crippen molar-refractivity contribution < 1.29 is 4.79 Å². The Labute approximate surface area is 204 Å². The Morgan fingerprint density at radius 2 is 1.74 bits per heavy atom. The van der Waals surface area contributed by atoms with E-state index in [9.17, 15) is 4.79 Å². The third-order valence-corrected chi connectivity index (χ3v) is 6.20. The van der Waals surface area contributed by atoms with Gasteiger partial charge in [0.2, 0.25) is 11.7 Å². The van der Waals surface area contributed by atoms with E-state index in [1.165, 1.54) is 5.56 Å². The molecule has 4 aromatic rings. The summed E-state index contributed by atoms with van der Waals surface area (Å²) in [5.41, 5.74) is 5.30. The van der Waals surface area contributed by atoms with Gasteiger partial charge in [-0.05, 0) is 30.8 Å². The molecule has 5 rings (SSSR count). The van der Waals surface area contributed by atoms with Gasteiger partial charge in [-0.3, -0.25) is 4.79 Å². The number of benzene rings is 2.